The molecule has 0 radical (unpaired) electrons. The fourth-order valence-electron chi connectivity index (χ4n) is 4.07. The van der Waals surface area contributed by atoms with Crippen LogP contribution in [0.15, 0.2) is 59.3 Å². The Balaban J connectivity index is 1.85. The number of carbonyl (C=O) groups is 1. The molecule has 0 saturated carbocycles. The average molecular weight is 355 g/mol. The van der Waals surface area contributed by atoms with E-state index in [1.54, 1.807) is 12.4 Å². The van der Waals surface area contributed by atoms with Crippen molar-refractivity contribution in [1.82, 2.24) is 4.98 Å². The van der Waals surface area contributed by atoms with Crippen molar-refractivity contribution >= 4 is 16.6 Å². The molecule has 4 aromatic rings. The smallest absolute Gasteiger partial charge is 0.200 e. The van der Waals surface area contributed by atoms with Crippen LogP contribution in [0.25, 0.3) is 33.4 Å². The third-order valence-electron chi connectivity index (χ3n) is 5.40. The highest BCUT2D eigenvalue weighted by atomic mass is 16.3. The molecular weight excluding hydrogens is 338 g/mol. The Morgan fingerprint density at radius 3 is 2.63 bits per heavy atom. The molecule has 1 N–H and O–H groups in total. The molecule has 5 rings (SSSR count). The maximum absolute atomic E-state index is 13.0. The molecule has 2 heterocycles. The van der Waals surface area contributed by atoms with Crippen molar-refractivity contribution in [2.45, 2.75) is 20.0 Å². The summed E-state index contributed by atoms with van der Waals surface area (Å²) >= 11 is 0. The molecule has 0 amide bonds. The summed E-state index contributed by atoms with van der Waals surface area (Å²) in [5.41, 5.74) is 4.50. The lowest BCUT2D eigenvalue weighted by Crippen LogP contribution is -2.19. The lowest BCUT2D eigenvalue weighted by molar-refractivity contribution is 0.0744. The second kappa shape index (κ2) is 5.63. The number of hydrogen-bond donors (Lipinski definition) is 1. The molecule has 2 aromatic heterocycles. The molecule has 1 atom stereocenters. The first-order chi connectivity index (χ1) is 13.1. The Bertz CT molecular complexity index is 1220. The van der Waals surface area contributed by atoms with E-state index < -0.39 is 6.10 Å². The van der Waals surface area contributed by atoms with Crippen molar-refractivity contribution in [1.29, 1.82) is 0 Å². The van der Waals surface area contributed by atoms with Gasteiger partial charge in [0.05, 0.1) is 5.56 Å². The van der Waals surface area contributed by atoms with Crippen molar-refractivity contribution in [2.24, 2.45) is 0 Å². The van der Waals surface area contributed by atoms with Crippen LogP contribution in [0, 0.1) is 13.8 Å². The highest BCUT2D eigenvalue weighted by Crippen LogP contribution is 2.47. The van der Waals surface area contributed by atoms with E-state index >= 15 is 0 Å². The molecule has 0 saturated heterocycles. The third-order valence-corrected chi connectivity index (χ3v) is 5.40. The van der Waals surface area contributed by atoms with Gasteiger partial charge in [-0.25, -0.2) is 0 Å². The number of aromatic nitrogens is 1. The van der Waals surface area contributed by atoms with Crippen LogP contribution in [-0.2, 0) is 0 Å². The summed E-state index contributed by atoms with van der Waals surface area (Å²) in [5, 5.41) is 12.8. The number of furan rings is 1. The van der Waals surface area contributed by atoms with Crippen LogP contribution in [-0.4, -0.2) is 15.9 Å². The fraction of sp³-hybridized carbons (Fsp3) is 0.130. The van der Waals surface area contributed by atoms with Gasteiger partial charge in [0.15, 0.2) is 5.78 Å². The SMILES string of the molecule is Cc1c(-c2cccnc2)oc2c1C(=O)C(O)c1c-2ccc2c(C)cccc12. The van der Waals surface area contributed by atoms with Gasteiger partial charge in [0.2, 0.25) is 0 Å². The van der Waals surface area contributed by atoms with Crippen LogP contribution in [0.3, 0.4) is 0 Å². The van der Waals surface area contributed by atoms with Crippen molar-refractivity contribution in [3.63, 3.8) is 0 Å². The van der Waals surface area contributed by atoms with E-state index in [0.717, 1.165) is 33.0 Å². The molecule has 0 fully saturated rings. The molecule has 0 bridgehead atoms. The standard InChI is InChI=1S/C23H17NO3/c1-12-5-3-7-16-15(12)8-9-17-19(16)21(26)20(25)18-13(2)22(27-23(17)18)14-6-4-10-24-11-14/h3-11,21,26H,1-2H3. The number of aliphatic hydroxyl groups excluding tert-OH is 1. The Kier molecular flexibility index (Phi) is 3.33. The number of benzene rings is 2. The highest BCUT2D eigenvalue weighted by molar-refractivity contribution is 6.13. The molecule has 2 aromatic carbocycles. The van der Waals surface area contributed by atoms with Gasteiger partial charge in [-0.05, 0) is 42.3 Å². The van der Waals surface area contributed by atoms with Crippen molar-refractivity contribution in [2.75, 3.05) is 0 Å². The molecule has 4 nitrogen and oxygen atoms in total. The van der Waals surface area contributed by atoms with E-state index in [1.807, 2.05) is 56.3 Å². The minimum atomic E-state index is -1.20. The average Bonchev–Trinajstić information content (AvgIpc) is 3.04. The number of ketones is 1. The summed E-state index contributed by atoms with van der Waals surface area (Å²) in [6, 6.07) is 13.6. The second-order valence-electron chi connectivity index (χ2n) is 6.97. The lowest BCUT2D eigenvalue weighted by atomic mass is 9.82. The Hall–Kier alpha value is -3.24. The zero-order valence-electron chi connectivity index (χ0n) is 15.0. The Labute approximate surface area is 156 Å². The van der Waals surface area contributed by atoms with Gasteiger partial charge in [0, 0.05) is 34.6 Å². The first-order valence-electron chi connectivity index (χ1n) is 8.86. The van der Waals surface area contributed by atoms with Crippen LogP contribution < -0.4 is 0 Å². The third kappa shape index (κ3) is 2.14. The molecular formula is C23H17NO3. The molecule has 132 valence electrons. The van der Waals surface area contributed by atoms with Crippen LogP contribution >= 0.6 is 0 Å². The van der Waals surface area contributed by atoms with E-state index in [1.165, 1.54) is 0 Å². The zero-order valence-corrected chi connectivity index (χ0v) is 15.0. The summed E-state index contributed by atoms with van der Waals surface area (Å²) in [6.45, 7) is 3.88. The fourth-order valence-corrected chi connectivity index (χ4v) is 4.07. The largest absolute Gasteiger partial charge is 0.455 e. The van der Waals surface area contributed by atoms with E-state index in [9.17, 15) is 9.90 Å². The first-order valence-corrected chi connectivity index (χ1v) is 8.86. The number of Topliss-reactive ketones (excluding diaryl/α,β-unsaturated/α-hetero) is 1. The first kappa shape index (κ1) is 16.0. The molecule has 0 aliphatic heterocycles. The van der Waals surface area contributed by atoms with E-state index in [0.29, 0.717) is 22.6 Å². The predicted octanol–water partition coefficient (Wildman–Crippen LogP) is 5.01. The number of rotatable bonds is 1. The highest BCUT2D eigenvalue weighted by Gasteiger charge is 2.37. The van der Waals surface area contributed by atoms with Gasteiger partial charge >= 0.3 is 0 Å². The van der Waals surface area contributed by atoms with Crippen LogP contribution in [0.2, 0.25) is 0 Å². The van der Waals surface area contributed by atoms with Gasteiger partial charge < -0.3 is 9.52 Å². The van der Waals surface area contributed by atoms with Crippen molar-refractivity contribution in [3.8, 4) is 22.6 Å². The van der Waals surface area contributed by atoms with E-state index in [2.05, 4.69) is 4.98 Å². The summed E-state index contributed by atoms with van der Waals surface area (Å²) in [4.78, 5) is 17.2. The van der Waals surface area contributed by atoms with Gasteiger partial charge in [-0.3, -0.25) is 9.78 Å². The number of fused-ring (bicyclic) bond motifs is 5. The van der Waals surface area contributed by atoms with Crippen LogP contribution in [0.4, 0.5) is 0 Å². The normalized spacial score (nSPS) is 15.7. The van der Waals surface area contributed by atoms with Crippen LogP contribution in [0.1, 0.15) is 33.2 Å². The molecule has 1 aliphatic rings. The number of pyridine rings is 1. The van der Waals surface area contributed by atoms with Crippen LogP contribution in [0.5, 0.6) is 0 Å². The van der Waals surface area contributed by atoms with Gasteiger partial charge in [0.1, 0.15) is 17.6 Å². The molecule has 27 heavy (non-hydrogen) atoms. The maximum Gasteiger partial charge on any atom is 0.200 e. The Morgan fingerprint density at radius 2 is 1.85 bits per heavy atom. The number of aryl methyl sites for hydroxylation is 1. The van der Waals surface area contributed by atoms with Gasteiger partial charge in [-0.2, -0.15) is 0 Å². The lowest BCUT2D eigenvalue weighted by Gasteiger charge is -2.22. The number of aliphatic hydroxyl groups is 1. The summed E-state index contributed by atoms with van der Waals surface area (Å²) < 4.78 is 6.18. The monoisotopic (exact) mass is 355 g/mol. The van der Waals surface area contributed by atoms with E-state index in [-0.39, 0.29) is 5.78 Å². The van der Waals surface area contributed by atoms with Gasteiger partial charge in [0.25, 0.3) is 0 Å². The quantitative estimate of drug-likeness (QED) is 0.521. The second-order valence-corrected chi connectivity index (χ2v) is 6.97. The maximum atomic E-state index is 13.0. The number of nitrogens with zero attached hydrogens (tertiary/aromatic N) is 1. The predicted molar refractivity (Wildman–Crippen MR) is 104 cm³/mol. The number of hydrogen-bond acceptors (Lipinski definition) is 4. The molecule has 1 aliphatic carbocycles. The molecule has 4 heteroatoms. The van der Waals surface area contributed by atoms with E-state index in [4.69, 9.17) is 4.42 Å². The molecule has 0 spiro atoms. The Morgan fingerprint density at radius 1 is 1.00 bits per heavy atom. The topological polar surface area (TPSA) is 63.3 Å². The summed E-state index contributed by atoms with van der Waals surface area (Å²) in [5.74, 6) is 0.828. The van der Waals surface area contributed by atoms with Gasteiger partial charge in [-0.15, -0.1) is 0 Å². The summed E-state index contributed by atoms with van der Waals surface area (Å²) in [6.07, 6.45) is 2.21. The zero-order chi connectivity index (χ0) is 18.7. The minimum absolute atomic E-state index is 0.317. The van der Waals surface area contributed by atoms with Crippen molar-refractivity contribution < 1.29 is 14.3 Å². The van der Waals surface area contributed by atoms with Crippen molar-refractivity contribution in [3.05, 3.63) is 77.1 Å². The molecule has 1 unspecified atom stereocenters. The number of carbonyl (C=O) groups excluding carboxylic acids is 1. The summed E-state index contributed by atoms with van der Waals surface area (Å²) in [7, 11) is 0. The minimum Gasteiger partial charge on any atom is -0.455 e. The van der Waals surface area contributed by atoms with Gasteiger partial charge in [-0.1, -0.05) is 30.3 Å².